The number of fused-ring (bicyclic) bond motifs is 1. The van der Waals surface area contributed by atoms with Gasteiger partial charge >= 0.3 is 5.97 Å². The molecule has 0 fully saturated rings. The topological polar surface area (TPSA) is 75.4 Å². The van der Waals surface area contributed by atoms with Crippen molar-refractivity contribution in [1.82, 2.24) is 14.7 Å². The fraction of sp³-hybridized carbons (Fsp3) is 0.421. The Bertz CT molecular complexity index is 845. The fourth-order valence-corrected chi connectivity index (χ4v) is 3.38. The third-order valence-corrected chi connectivity index (χ3v) is 4.64. The molecule has 1 aromatic heterocycles. The number of hydrogen-bond acceptors (Lipinski definition) is 3. The van der Waals surface area contributed by atoms with Crippen LogP contribution in [0.3, 0.4) is 0 Å². The summed E-state index contributed by atoms with van der Waals surface area (Å²) in [5, 5.41) is 13.4. The molecule has 0 aliphatic heterocycles. The second-order valence-electron chi connectivity index (χ2n) is 6.76. The van der Waals surface area contributed by atoms with Crippen molar-refractivity contribution in [2.45, 2.75) is 45.6 Å². The number of carboxylic acid groups (broad SMARTS) is 1. The van der Waals surface area contributed by atoms with Crippen molar-refractivity contribution in [3.05, 3.63) is 47.0 Å². The van der Waals surface area contributed by atoms with E-state index in [0.29, 0.717) is 11.4 Å². The summed E-state index contributed by atoms with van der Waals surface area (Å²) in [5.41, 5.74) is 2.76. The number of aliphatic carboxylic acids is 1. The third kappa shape index (κ3) is 3.47. The number of carbonyl (C=O) groups is 2. The molecule has 0 saturated heterocycles. The van der Waals surface area contributed by atoms with Gasteiger partial charge in [-0.2, -0.15) is 5.10 Å². The number of rotatable bonds is 6. The summed E-state index contributed by atoms with van der Waals surface area (Å²) in [6.07, 6.45) is 2.33. The summed E-state index contributed by atoms with van der Waals surface area (Å²) in [4.78, 5) is 25.5. The number of amides is 1. The van der Waals surface area contributed by atoms with Crippen molar-refractivity contribution >= 4 is 11.9 Å². The van der Waals surface area contributed by atoms with Crippen molar-refractivity contribution < 1.29 is 19.1 Å². The molecule has 0 bridgehead atoms. The van der Waals surface area contributed by atoms with Crippen LogP contribution in [0.15, 0.2) is 24.3 Å². The number of hydrogen-bond donors (Lipinski definition) is 1. The quantitative estimate of drug-likeness (QED) is 0.861. The summed E-state index contributed by atoms with van der Waals surface area (Å²) >= 11 is 0. The lowest BCUT2D eigenvalue weighted by atomic mass is 10.1. The van der Waals surface area contributed by atoms with Crippen LogP contribution in [0.4, 0.5) is 4.39 Å². The van der Waals surface area contributed by atoms with E-state index in [2.05, 4.69) is 5.10 Å². The predicted molar refractivity (Wildman–Crippen MR) is 94.0 cm³/mol. The molecule has 1 aliphatic rings. The van der Waals surface area contributed by atoms with Crippen molar-refractivity contribution in [2.75, 3.05) is 6.54 Å². The summed E-state index contributed by atoms with van der Waals surface area (Å²) in [7, 11) is 0. The van der Waals surface area contributed by atoms with Gasteiger partial charge in [-0.05, 0) is 51.3 Å². The highest BCUT2D eigenvalue weighted by molar-refractivity contribution is 5.94. The SMILES string of the molecule is CC(C)N(CCC(=O)O)C(=O)c1nn(-c2cccc(F)c2)c2c1CCC2. The van der Waals surface area contributed by atoms with E-state index in [4.69, 9.17) is 5.11 Å². The summed E-state index contributed by atoms with van der Waals surface area (Å²) < 4.78 is 15.3. The monoisotopic (exact) mass is 359 g/mol. The number of carbonyl (C=O) groups excluding carboxylic acids is 1. The molecule has 7 heteroatoms. The first-order valence-electron chi connectivity index (χ1n) is 8.78. The lowest BCUT2D eigenvalue weighted by Gasteiger charge is -2.25. The van der Waals surface area contributed by atoms with Crippen LogP contribution in [0.5, 0.6) is 0 Å². The smallest absolute Gasteiger partial charge is 0.305 e. The molecule has 0 saturated carbocycles. The average molecular weight is 359 g/mol. The first-order valence-corrected chi connectivity index (χ1v) is 8.78. The van der Waals surface area contributed by atoms with Gasteiger partial charge in [-0.25, -0.2) is 9.07 Å². The van der Waals surface area contributed by atoms with Gasteiger partial charge in [-0.3, -0.25) is 9.59 Å². The molecule has 0 atom stereocenters. The Morgan fingerprint density at radius 2 is 2.12 bits per heavy atom. The van der Waals surface area contributed by atoms with Crippen LogP contribution in [-0.4, -0.2) is 44.3 Å². The molecular formula is C19H22FN3O3. The van der Waals surface area contributed by atoms with Crippen LogP contribution >= 0.6 is 0 Å². The van der Waals surface area contributed by atoms with E-state index >= 15 is 0 Å². The van der Waals surface area contributed by atoms with E-state index in [-0.39, 0.29) is 30.7 Å². The van der Waals surface area contributed by atoms with Gasteiger partial charge in [-0.1, -0.05) is 6.07 Å². The molecule has 1 aromatic carbocycles. The summed E-state index contributed by atoms with van der Waals surface area (Å²) in [6.45, 7) is 3.83. The van der Waals surface area contributed by atoms with Crippen LogP contribution in [0.25, 0.3) is 5.69 Å². The standard InChI is InChI=1S/C19H22FN3O3/c1-12(2)22(10-9-17(24)25)19(26)18-15-7-4-8-16(15)23(21-18)14-6-3-5-13(20)11-14/h3,5-6,11-12H,4,7-10H2,1-2H3,(H,24,25). The van der Waals surface area contributed by atoms with Gasteiger partial charge in [0.15, 0.2) is 5.69 Å². The van der Waals surface area contributed by atoms with Crippen molar-refractivity contribution in [2.24, 2.45) is 0 Å². The van der Waals surface area contributed by atoms with Crippen molar-refractivity contribution in [1.29, 1.82) is 0 Å². The molecule has 3 rings (SSSR count). The zero-order valence-corrected chi connectivity index (χ0v) is 14.9. The molecule has 0 spiro atoms. The zero-order chi connectivity index (χ0) is 18.8. The fourth-order valence-electron chi connectivity index (χ4n) is 3.38. The van der Waals surface area contributed by atoms with Crippen molar-refractivity contribution in [3.8, 4) is 5.69 Å². The van der Waals surface area contributed by atoms with E-state index in [1.54, 1.807) is 16.8 Å². The average Bonchev–Trinajstić information content (AvgIpc) is 3.16. The van der Waals surface area contributed by atoms with E-state index in [1.165, 1.54) is 17.0 Å². The molecule has 26 heavy (non-hydrogen) atoms. The first kappa shape index (κ1) is 18.1. The van der Waals surface area contributed by atoms with Gasteiger partial charge in [0, 0.05) is 23.8 Å². The Labute approximate surface area is 151 Å². The molecule has 1 N–H and O–H groups in total. The lowest BCUT2D eigenvalue weighted by molar-refractivity contribution is -0.137. The molecule has 0 unspecified atom stereocenters. The Kier molecular flexibility index (Phi) is 5.06. The zero-order valence-electron chi connectivity index (χ0n) is 14.9. The number of nitrogens with zero attached hydrogens (tertiary/aromatic N) is 3. The number of halogens is 1. The van der Waals surface area contributed by atoms with Gasteiger partial charge in [-0.15, -0.1) is 0 Å². The minimum Gasteiger partial charge on any atom is -0.481 e. The van der Waals surface area contributed by atoms with E-state index < -0.39 is 5.97 Å². The highest BCUT2D eigenvalue weighted by Gasteiger charge is 2.30. The van der Waals surface area contributed by atoms with Gasteiger partial charge in [0.1, 0.15) is 5.82 Å². The second-order valence-corrected chi connectivity index (χ2v) is 6.76. The number of aromatic nitrogens is 2. The minimum absolute atomic E-state index is 0.114. The normalized spacial score (nSPS) is 13.1. The molecule has 0 radical (unpaired) electrons. The molecular weight excluding hydrogens is 337 g/mol. The maximum absolute atomic E-state index is 13.6. The maximum Gasteiger partial charge on any atom is 0.305 e. The van der Waals surface area contributed by atoms with E-state index in [1.807, 2.05) is 13.8 Å². The Morgan fingerprint density at radius 1 is 1.35 bits per heavy atom. The van der Waals surface area contributed by atoms with Crippen molar-refractivity contribution in [3.63, 3.8) is 0 Å². The summed E-state index contributed by atoms with van der Waals surface area (Å²) in [6, 6.07) is 5.99. The minimum atomic E-state index is -0.945. The Balaban J connectivity index is 1.98. The van der Waals surface area contributed by atoms with Gasteiger partial charge < -0.3 is 10.0 Å². The predicted octanol–water partition coefficient (Wildman–Crippen LogP) is 2.83. The molecule has 138 valence electrons. The van der Waals surface area contributed by atoms with E-state index in [9.17, 15) is 14.0 Å². The largest absolute Gasteiger partial charge is 0.481 e. The molecule has 1 amide bonds. The van der Waals surface area contributed by atoms with Gasteiger partial charge in [0.05, 0.1) is 12.1 Å². The first-order chi connectivity index (χ1) is 12.4. The van der Waals surface area contributed by atoms with Gasteiger partial charge in [0.2, 0.25) is 0 Å². The molecule has 1 aliphatic carbocycles. The maximum atomic E-state index is 13.6. The molecule has 2 aromatic rings. The van der Waals surface area contributed by atoms with Crippen LogP contribution in [-0.2, 0) is 17.6 Å². The lowest BCUT2D eigenvalue weighted by Crippen LogP contribution is -2.39. The third-order valence-electron chi connectivity index (χ3n) is 4.64. The highest BCUT2D eigenvalue weighted by atomic mass is 19.1. The van der Waals surface area contributed by atoms with Crippen LogP contribution < -0.4 is 0 Å². The second kappa shape index (κ2) is 7.27. The van der Waals surface area contributed by atoms with Crippen LogP contribution in [0.2, 0.25) is 0 Å². The number of benzene rings is 1. The number of carboxylic acids is 1. The molecule has 6 nitrogen and oxygen atoms in total. The van der Waals surface area contributed by atoms with Crippen LogP contribution in [0, 0.1) is 5.82 Å². The highest BCUT2D eigenvalue weighted by Crippen LogP contribution is 2.29. The van der Waals surface area contributed by atoms with E-state index in [0.717, 1.165) is 30.5 Å². The Hall–Kier alpha value is -2.70. The Morgan fingerprint density at radius 3 is 2.77 bits per heavy atom. The van der Waals surface area contributed by atoms with Gasteiger partial charge in [0.25, 0.3) is 5.91 Å². The molecule has 1 heterocycles. The summed E-state index contributed by atoms with van der Waals surface area (Å²) in [5.74, 6) is -1.57. The van der Waals surface area contributed by atoms with Crippen LogP contribution in [0.1, 0.15) is 48.4 Å².